The summed E-state index contributed by atoms with van der Waals surface area (Å²) in [6.07, 6.45) is -0.0714. The predicted octanol–water partition coefficient (Wildman–Crippen LogP) is 4.21. The van der Waals surface area contributed by atoms with Crippen molar-refractivity contribution in [3.63, 3.8) is 0 Å². The summed E-state index contributed by atoms with van der Waals surface area (Å²) < 4.78 is 11.1. The van der Waals surface area contributed by atoms with Crippen LogP contribution in [0.25, 0.3) is 11.4 Å². The number of halogens is 1. The Morgan fingerprint density at radius 1 is 1.19 bits per heavy atom. The molecule has 3 rings (SSSR count). The molecular formula is C20H20ClN3O3. The molecule has 0 aliphatic heterocycles. The summed E-state index contributed by atoms with van der Waals surface area (Å²) in [7, 11) is 1.68. The summed E-state index contributed by atoms with van der Waals surface area (Å²) in [6, 6.07) is 16.4. The molecule has 6 nitrogen and oxygen atoms in total. The van der Waals surface area contributed by atoms with Crippen molar-refractivity contribution in [2.75, 3.05) is 7.05 Å². The molecule has 140 valence electrons. The summed E-state index contributed by atoms with van der Waals surface area (Å²) in [5.41, 5.74) is 0.860. The van der Waals surface area contributed by atoms with E-state index in [1.807, 2.05) is 37.3 Å². The van der Waals surface area contributed by atoms with Gasteiger partial charge in [-0.05, 0) is 30.7 Å². The highest BCUT2D eigenvalue weighted by Crippen LogP contribution is 2.19. The third-order valence-corrected chi connectivity index (χ3v) is 4.24. The minimum Gasteiger partial charge on any atom is -0.481 e. The average molecular weight is 386 g/mol. The topological polar surface area (TPSA) is 68.5 Å². The Morgan fingerprint density at radius 3 is 2.56 bits per heavy atom. The van der Waals surface area contributed by atoms with Crippen LogP contribution in [0.4, 0.5) is 0 Å². The molecule has 0 spiro atoms. The lowest BCUT2D eigenvalue weighted by Crippen LogP contribution is -2.39. The third kappa shape index (κ3) is 4.86. The average Bonchev–Trinajstić information content (AvgIpc) is 3.16. The molecule has 3 aromatic rings. The van der Waals surface area contributed by atoms with Crippen LogP contribution >= 0.6 is 11.6 Å². The molecule has 0 aliphatic carbocycles. The Labute approximate surface area is 162 Å². The molecule has 0 bridgehead atoms. The lowest BCUT2D eigenvalue weighted by molar-refractivity contribution is -0.138. The third-order valence-electron chi connectivity index (χ3n) is 3.99. The number of carbonyl (C=O) groups excluding carboxylic acids is 1. The molecule has 0 N–H and O–H groups in total. The number of benzene rings is 2. The summed E-state index contributed by atoms with van der Waals surface area (Å²) >= 11 is 5.88. The van der Waals surface area contributed by atoms with Crippen LogP contribution in [0.1, 0.15) is 19.2 Å². The van der Waals surface area contributed by atoms with Gasteiger partial charge < -0.3 is 14.2 Å². The SMILES string of the molecule is CC[C@H](Oc1ccc(Cl)cc1)C(=O)N(C)Cc1nc(-c2ccccc2)no1. The van der Waals surface area contributed by atoms with Crippen molar-refractivity contribution >= 4 is 17.5 Å². The maximum Gasteiger partial charge on any atom is 0.263 e. The minimum atomic E-state index is -0.604. The van der Waals surface area contributed by atoms with Gasteiger partial charge in [0.15, 0.2) is 6.10 Å². The van der Waals surface area contributed by atoms with Gasteiger partial charge >= 0.3 is 0 Å². The zero-order chi connectivity index (χ0) is 19.2. The van der Waals surface area contributed by atoms with Crippen LogP contribution in [-0.2, 0) is 11.3 Å². The molecule has 1 amide bonds. The lowest BCUT2D eigenvalue weighted by Gasteiger charge is -2.22. The second-order valence-electron chi connectivity index (χ2n) is 6.04. The zero-order valence-corrected chi connectivity index (χ0v) is 15.9. The van der Waals surface area contributed by atoms with E-state index in [0.717, 1.165) is 5.56 Å². The summed E-state index contributed by atoms with van der Waals surface area (Å²) in [6.45, 7) is 2.10. The maximum absolute atomic E-state index is 12.7. The monoisotopic (exact) mass is 385 g/mol. The first kappa shape index (κ1) is 18.9. The van der Waals surface area contributed by atoms with Gasteiger partial charge in [-0.25, -0.2) is 0 Å². The smallest absolute Gasteiger partial charge is 0.263 e. The fourth-order valence-corrected chi connectivity index (χ4v) is 2.66. The van der Waals surface area contributed by atoms with Crippen LogP contribution in [0.5, 0.6) is 5.75 Å². The molecule has 0 aliphatic rings. The van der Waals surface area contributed by atoms with Crippen molar-refractivity contribution in [3.8, 4) is 17.1 Å². The van der Waals surface area contributed by atoms with E-state index in [0.29, 0.717) is 28.9 Å². The van der Waals surface area contributed by atoms with Crippen molar-refractivity contribution in [1.82, 2.24) is 15.0 Å². The quantitative estimate of drug-likeness (QED) is 0.609. The fourth-order valence-electron chi connectivity index (χ4n) is 2.54. The standard InChI is InChI=1S/C20H20ClN3O3/c1-3-17(26-16-11-9-15(21)10-12-16)20(25)24(2)13-18-22-19(23-27-18)14-7-5-4-6-8-14/h4-12,17H,3,13H2,1-2H3/t17-/m0/s1. The van der Waals surface area contributed by atoms with E-state index >= 15 is 0 Å². The van der Waals surface area contributed by atoms with Crippen molar-refractivity contribution in [2.24, 2.45) is 0 Å². The van der Waals surface area contributed by atoms with Crippen molar-refractivity contribution in [2.45, 2.75) is 26.0 Å². The van der Waals surface area contributed by atoms with Crippen molar-refractivity contribution in [3.05, 3.63) is 65.5 Å². The Balaban J connectivity index is 1.64. The molecule has 0 saturated carbocycles. The molecule has 27 heavy (non-hydrogen) atoms. The highest BCUT2D eigenvalue weighted by molar-refractivity contribution is 6.30. The number of hydrogen-bond donors (Lipinski definition) is 0. The molecule has 1 aromatic heterocycles. The minimum absolute atomic E-state index is 0.160. The number of nitrogens with zero attached hydrogens (tertiary/aromatic N) is 3. The molecule has 1 heterocycles. The van der Waals surface area contributed by atoms with Crippen molar-refractivity contribution < 1.29 is 14.1 Å². The molecule has 0 fully saturated rings. The van der Waals surface area contributed by atoms with Crippen LogP contribution in [0.2, 0.25) is 5.02 Å². The highest BCUT2D eigenvalue weighted by Gasteiger charge is 2.24. The second-order valence-corrected chi connectivity index (χ2v) is 6.48. The van der Waals surface area contributed by atoms with Crippen molar-refractivity contribution in [1.29, 1.82) is 0 Å². The Hall–Kier alpha value is -2.86. The molecule has 2 aromatic carbocycles. The molecule has 7 heteroatoms. The Morgan fingerprint density at radius 2 is 1.89 bits per heavy atom. The van der Waals surface area contributed by atoms with Gasteiger partial charge in [0.25, 0.3) is 5.91 Å². The van der Waals surface area contributed by atoms with Crippen LogP contribution in [-0.4, -0.2) is 34.1 Å². The molecule has 0 saturated heterocycles. The fraction of sp³-hybridized carbons (Fsp3) is 0.250. The predicted molar refractivity (Wildman–Crippen MR) is 102 cm³/mol. The van der Waals surface area contributed by atoms with E-state index in [2.05, 4.69) is 10.1 Å². The highest BCUT2D eigenvalue weighted by atomic mass is 35.5. The molecule has 0 unspecified atom stereocenters. The van der Waals surface area contributed by atoms with Crippen LogP contribution in [0, 0.1) is 0 Å². The number of aromatic nitrogens is 2. The van der Waals surface area contributed by atoms with Gasteiger partial charge in [0, 0.05) is 17.6 Å². The van der Waals surface area contributed by atoms with Gasteiger partial charge in [0.2, 0.25) is 11.7 Å². The number of rotatable bonds is 7. The Bertz CT molecular complexity index is 881. The lowest BCUT2D eigenvalue weighted by atomic mass is 10.2. The number of amides is 1. The van der Waals surface area contributed by atoms with Gasteiger partial charge in [0.1, 0.15) is 5.75 Å². The summed E-state index contributed by atoms with van der Waals surface area (Å²) in [5, 5.41) is 4.59. The zero-order valence-electron chi connectivity index (χ0n) is 15.1. The van der Waals surface area contributed by atoms with E-state index in [4.69, 9.17) is 20.9 Å². The molecule has 1 atom stereocenters. The van der Waals surface area contributed by atoms with E-state index in [9.17, 15) is 4.79 Å². The molecule has 0 radical (unpaired) electrons. The number of hydrogen-bond acceptors (Lipinski definition) is 5. The van der Waals surface area contributed by atoms with Gasteiger partial charge in [-0.2, -0.15) is 4.98 Å². The number of ether oxygens (including phenoxy) is 1. The first-order chi connectivity index (χ1) is 13.1. The maximum atomic E-state index is 12.7. The van der Waals surface area contributed by atoms with Gasteiger partial charge in [0.05, 0.1) is 6.54 Å². The Kier molecular flexibility index (Phi) is 6.08. The van der Waals surface area contributed by atoms with E-state index in [1.165, 1.54) is 4.90 Å². The van der Waals surface area contributed by atoms with Crippen LogP contribution in [0.3, 0.4) is 0 Å². The van der Waals surface area contributed by atoms with E-state index < -0.39 is 6.10 Å². The van der Waals surface area contributed by atoms with E-state index in [1.54, 1.807) is 31.3 Å². The van der Waals surface area contributed by atoms with E-state index in [-0.39, 0.29) is 12.5 Å². The number of likely N-dealkylation sites (N-methyl/N-ethyl adjacent to an activating group) is 1. The van der Waals surface area contributed by atoms with Gasteiger partial charge in [-0.1, -0.05) is 54.0 Å². The number of carbonyl (C=O) groups is 1. The van der Waals surface area contributed by atoms with Crippen LogP contribution in [0.15, 0.2) is 59.1 Å². The largest absolute Gasteiger partial charge is 0.481 e. The first-order valence-corrected chi connectivity index (χ1v) is 9.00. The van der Waals surface area contributed by atoms with Gasteiger partial charge in [-0.15, -0.1) is 0 Å². The normalized spacial score (nSPS) is 11.8. The first-order valence-electron chi connectivity index (χ1n) is 8.62. The molecular weight excluding hydrogens is 366 g/mol. The second kappa shape index (κ2) is 8.68. The summed E-state index contributed by atoms with van der Waals surface area (Å²) in [4.78, 5) is 18.6. The van der Waals surface area contributed by atoms with Crippen LogP contribution < -0.4 is 4.74 Å². The van der Waals surface area contributed by atoms with Gasteiger partial charge in [-0.3, -0.25) is 4.79 Å². The summed E-state index contributed by atoms with van der Waals surface area (Å²) in [5.74, 6) is 1.30.